The van der Waals surface area contributed by atoms with Crippen LogP contribution in [0, 0.1) is 0 Å². The van der Waals surface area contributed by atoms with Gasteiger partial charge in [-0.2, -0.15) is 0 Å². The van der Waals surface area contributed by atoms with Gasteiger partial charge in [-0.05, 0) is 27.7 Å². The van der Waals surface area contributed by atoms with Gasteiger partial charge in [0.1, 0.15) is 0 Å². The zero-order chi connectivity index (χ0) is 8.91. The van der Waals surface area contributed by atoms with E-state index in [0.29, 0.717) is 0 Å². The molecule has 2 N–H and O–H groups in total. The van der Waals surface area contributed by atoms with Crippen molar-refractivity contribution >= 4 is 6.96 Å². The summed E-state index contributed by atoms with van der Waals surface area (Å²) >= 11 is 0. The van der Waals surface area contributed by atoms with E-state index in [1.807, 2.05) is 0 Å². The van der Waals surface area contributed by atoms with Crippen molar-refractivity contribution in [2.45, 2.75) is 38.9 Å². The highest BCUT2D eigenvalue weighted by Gasteiger charge is 2.51. The van der Waals surface area contributed by atoms with Crippen molar-refractivity contribution in [2.75, 3.05) is 0 Å². The highest BCUT2D eigenvalue weighted by molar-refractivity contribution is 6.51. The molecule has 0 aliphatic carbocycles. The summed E-state index contributed by atoms with van der Waals surface area (Å²) in [5, 5.41) is 18.1. The maximum Gasteiger partial charge on any atom is 0.527 e. The molecule has 0 aromatic heterocycles. The largest absolute Gasteiger partial charge is 0.533 e. The molecular formula is C6H14BO4-. The smallest absolute Gasteiger partial charge is 0.527 e. The van der Waals surface area contributed by atoms with Crippen LogP contribution < -0.4 is 0 Å². The molecule has 1 aliphatic rings. The van der Waals surface area contributed by atoms with Crippen LogP contribution in [0.2, 0.25) is 0 Å². The summed E-state index contributed by atoms with van der Waals surface area (Å²) in [7, 11) is 0. The van der Waals surface area contributed by atoms with Crippen molar-refractivity contribution in [3.05, 3.63) is 0 Å². The standard InChI is InChI=1S/C6H14BO4/c1-5(2)6(3,4)11-7(8,9)10-5/h8-9H,1-4H3/q-1. The molecule has 0 bridgehead atoms. The maximum absolute atomic E-state index is 9.04. The van der Waals surface area contributed by atoms with E-state index in [4.69, 9.17) is 19.4 Å². The molecule has 0 amide bonds. The lowest BCUT2D eigenvalue weighted by Crippen LogP contribution is -2.41. The van der Waals surface area contributed by atoms with Crippen molar-refractivity contribution in [3.63, 3.8) is 0 Å². The quantitative estimate of drug-likeness (QED) is 0.491. The Morgan fingerprint density at radius 1 is 0.909 bits per heavy atom. The van der Waals surface area contributed by atoms with E-state index in [2.05, 4.69) is 0 Å². The molecule has 1 saturated heterocycles. The van der Waals surface area contributed by atoms with Gasteiger partial charge in [0.15, 0.2) is 0 Å². The molecule has 66 valence electrons. The Bertz CT molecular complexity index is 157. The first kappa shape index (κ1) is 9.00. The molecule has 0 aromatic carbocycles. The van der Waals surface area contributed by atoms with Gasteiger partial charge in [-0.15, -0.1) is 0 Å². The van der Waals surface area contributed by atoms with Crippen LogP contribution in [0.4, 0.5) is 0 Å². The summed E-state index contributed by atoms with van der Waals surface area (Å²) in [5.41, 5.74) is -1.34. The van der Waals surface area contributed by atoms with E-state index in [1.54, 1.807) is 27.7 Å². The molecule has 1 fully saturated rings. The monoisotopic (exact) mass is 161 g/mol. The Hall–Kier alpha value is -0.0951. The van der Waals surface area contributed by atoms with Crippen LogP contribution in [-0.2, 0) is 9.31 Å². The second kappa shape index (κ2) is 1.98. The summed E-state index contributed by atoms with van der Waals surface area (Å²) in [5.74, 6) is 0. The summed E-state index contributed by atoms with van der Waals surface area (Å²) in [4.78, 5) is 0. The third-order valence-electron chi connectivity index (χ3n) is 2.35. The third kappa shape index (κ3) is 1.42. The number of hydrogen-bond donors (Lipinski definition) is 2. The first-order valence-electron chi connectivity index (χ1n) is 3.65. The minimum Gasteiger partial charge on any atom is -0.533 e. The Morgan fingerprint density at radius 2 is 1.18 bits per heavy atom. The topological polar surface area (TPSA) is 58.9 Å². The first-order chi connectivity index (χ1) is 4.66. The molecule has 5 heteroatoms. The van der Waals surface area contributed by atoms with Gasteiger partial charge in [0.2, 0.25) is 0 Å². The lowest BCUT2D eigenvalue weighted by atomic mass is 9.90. The van der Waals surface area contributed by atoms with E-state index in [9.17, 15) is 0 Å². The van der Waals surface area contributed by atoms with Crippen LogP contribution in [0.3, 0.4) is 0 Å². The average Bonchev–Trinajstić information content (AvgIpc) is 1.66. The zero-order valence-corrected chi connectivity index (χ0v) is 7.29. The van der Waals surface area contributed by atoms with Crippen molar-refractivity contribution < 1.29 is 19.4 Å². The van der Waals surface area contributed by atoms with Gasteiger partial charge in [0.05, 0.1) is 0 Å². The molecule has 0 radical (unpaired) electrons. The lowest BCUT2D eigenvalue weighted by molar-refractivity contribution is 0.00578. The highest BCUT2D eigenvalue weighted by Crippen LogP contribution is 2.38. The molecule has 0 aromatic rings. The Morgan fingerprint density at radius 3 is 1.27 bits per heavy atom. The predicted octanol–water partition coefficient (Wildman–Crippen LogP) is 0.0106. The third-order valence-corrected chi connectivity index (χ3v) is 2.35. The molecule has 0 unspecified atom stereocenters. The van der Waals surface area contributed by atoms with Crippen molar-refractivity contribution in [3.8, 4) is 0 Å². The number of rotatable bonds is 0. The fourth-order valence-corrected chi connectivity index (χ4v) is 1.08. The number of hydrogen-bond acceptors (Lipinski definition) is 4. The van der Waals surface area contributed by atoms with E-state index < -0.39 is 18.2 Å². The van der Waals surface area contributed by atoms with E-state index >= 15 is 0 Å². The minimum atomic E-state index is -3.06. The minimum absolute atomic E-state index is 0.670. The SMILES string of the molecule is CC1(C)O[B-](O)(O)OC1(C)C. The molecule has 0 saturated carbocycles. The van der Waals surface area contributed by atoms with Gasteiger partial charge in [0.25, 0.3) is 0 Å². The van der Waals surface area contributed by atoms with E-state index in [1.165, 1.54) is 0 Å². The summed E-state index contributed by atoms with van der Waals surface area (Å²) in [6.07, 6.45) is 0. The van der Waals surface area contributed by atoms with Crippen LogP contribution in [0.15, 0.2) is 0 Å². The molecule has 0 spiro atoms. The molecule has 1 heterocycles. The van der Waals surface area contributed by atoms with Gasteiger partial charge >= 0.3 is 6.96 Å². The zero-order valence-electron chi connectivity index (χ0n) is 7.29. The van der Waals surface area contributed by atoms with Gasteiger partial charge in [-0.25, -0.2) is 0 Å². The molecule has 4 nitrogen and oxygen atoms in total. The highest BCUT2D eigenvalue weighted by atomic mass is 16.8. The summed E-state index contributed by atoms with van der Waals surface area (Å²) in [6.45, 7) is 3.96. The Kier molecular flexibility index (Phi) is 1.62. The second-order valence-electron chi connectivity index (χ2n) is 3.89. The molecule has 1 aliphatic heterocycles. The fourth-order valence-electron chi connectivity index (χ4n) is 1.08. The molecule has 1 rings (SSSR count). The van der Waals surface area contributed by atoms with Crippen molar-refractivity contribution in [1.82, 2.24) is 0 Å². The first-order valence-corrected chi connectivity index (χ1v) is 3.65. The van der Waals surface area contributed by atoms with Crippen LogP contribution in [0.5, 0.6) is 0 Å². The van der Waals surface area contributed by atoms with Crippen LogP contribution in [0.25, 0.3) is 0 Å². The van der Waals surface area contributed by atoms with Gasteiger partial charge in [-0.1, -0.05) is 0 Å². The second-order valence-corrected chi connectivity index (χ2v) is 3.89. The van der Waals surface area contributed by atoms with Crippen molar-refractivity contribution in [2.24, 2.45) is 0 Å². The molecule has 0 atom stereocenters. The maximum atomic E-state index is 9.04. The van der Waals surface area contributed by atoms with Crippen LogP contribution >= 0.6 is 0 Å². The van der Waals surface area contributed by atoms with Crippen LogP contribution in [-0.4, -0.2) is 28.2 Å². The lowest BCUT2D eigenvalue weighted by Gasteiger charge is -2.36. The average molecular weight is 161 g/mol. The Labute approximate surface area is 66.2 Å². The predicted molar refractivity (Wildman–Crippen MR) is 40.5 cm³/mol. The Balaban J connectivity index is 2.89. The fraction of sp³-hybridized carbons (Fsp3) is 1.00. The van der Waals surface area contributed by atoms with Gasteiger partial charge in [0, 0.05) is 11.2 Å². The van der Waals surface area contributed by atoms with Gasteiger partial charge in [-0.3, -0.25) is 0 Å². The normalized spacial score (nSPS) is 32.2. The summed E-state index contributed by atoms with van der Waals surface area (Å²) < 4.78 is 9.81. The van der Waals surface area contributed by atoms with E-state index in [-0.39, 0.29) is 0 Å². The molecule has 11 heavy (non-hydrogen) atoms. The van der Waals surface area contributed by atoms with E-state index in [0.717, 1.165) is 0 Å². The molecular weight excluding hydrogens is 147 g/mol. The van der Waals surface area contributed by atoms with Crippen LogP contribution in [0.1, 0.15) is 27.7 Å². The summed E-state index contributed by atoms with van der Waals surface area (Å²) in [6, 6.07) is 0. The van der Waals surface area contributed by atoms with Gasteiger partial charge < -0.3 is 19.4 Å². The van der Waals surface area contributed by atoms with Crippen molar-refractivity contribution in [1.29, 1.82) is 0 Å².